The van der Waals surface area contributed by atoms with Crippen molar-refractivity contribution in [2.24, 2.45) is 0 Å². The van der Waals surface area contributed by atoms with E-state index in [0.29, 0.717) is 23.5 Å². The van der Waals surface area contributed by atoms with Gasteiger partial charge in [0.15, 0.2) is 11.5 Å². The van der Waals surface area contributed by atoms with Crippen molar-refractivity contribution in [3.63, 3.8) is 0 Å². The van der Waals surface area contributed by atoms with Gasteiger partial charge in [0.1, 0.15) is 5.57 Å². The number of hydrogen-bond acceptors (Lipinski definition) is 6. The zero-order valence-corrected chi connectivity index (χ0v) is 18.1. The van der Waals surface area contributed by atoms with Crippen molar-refractivity contribution in [3.8, 4) is 17.2 Å². The minimum Gasteiger partial charge on any atom is -0.493 e. The lowest BCUT2D eigenvalue weighted by molar-refractivity contribution is -0.130. The van der Waals surface area contributed by atoms with Crippen LogP contribution in [0.25, 0.3) is 11.8 Å². The summed E-state index contributed by atoms with van der Waals surface area (Å²) in [7, 11) is 3.08. The number of carbonyl (C=O) groups excluding carboxylic acids is 3. The molecule has 168 valence electrons. The summed E-state index contributed by atoms with van der Waals surface area (Å²) in [5.74, 6) is -0.257. The van der Waals surface area contributed by atoms with Crippen molar-refractivity contribution >= 4 is 23.9 Å². The summed E-state index contributed by atoms with van der Waals surface area (Å²) in [6, 6.07) is 14.1. The van der Waals surface area contributed by atoms with Gasteiger partial charge in [-0.2, -0.15) is 5.10 Å². The molecule has 4 amide bonds. The standard InChI is InChI=1S/C24H22N4O5/c1-32-20-9-8-16(13-21(20)33-2)10-11-27-23(30)19(22(29)26-24(27)31)12-17-14-25-28(15-17)18-6-4-3-5-7-18/h3-9,12-15H,10-11H2,1-2H3,(H,26,29,31). The van der Waals surface area contributed by atoms with Gasteiger partial charge in [-0.1, -0.05) is 24.3 Å². The number of benzene rings is 2. The topological polar surface area (TPSA) is 103 Å². The maximum Gasteiger partial charge on any atom is 0.331 e. The molecular weight excluding hydrogens is 424 g/mol. The second-order valence-electron chi connectivity index (χ2n) is 7.27. The minimum atomic E-state index is -0.748. The lowest BCUT2D eigenvalue weighted by Crippen LogP contribution is -2.54. The molecule has 3 aromatic rings. The molecule has 9 nitrogen and oxygen atoms in total. The van der Waals surface area contributed by atoms with Crippen LogP contribution in [0, 0.1) is 0 Å². The Balaban J connectivity index is 1.52. The molecule has 1 N–H and O–H groups in total. The number of nitrogens with zero attached hydrogens (tertiary/aromatic N) is 3. The van der Waals surface area contributed by atoms with Gasteiger partial charge in [-0.05, 0) is 42.3 Å². The van der Waals surface area contributed by atoms with Crippen molar-refractivity contribution in [2.75, 3.05) is 20.8 Å². The lowest BCUT2D eigenvalue weighted by atomic mass is 10.1. The molecule has 0 aliphatic carbocycles. The number of barbiturate groups is 1. The van der Waals surface area contributed by atoms with Crippen LogP contribution in [0.4, 0.5) is 4.79 Å². The molecule has 0 radical (unpaired) electrons. The Morgan fingerprint density at radius 1 is 1.00 bits per heavy atom. The van der Waals surface area contributed by atoms with Crippen LogP contribution in [0.15, 0.2) is 66.5 Å². The number of hydrogen-bond donors (Lipinski definition) is 1. The number of amides is 4. The summed E-state index contributed by atoms with van der Waals surface area (Å²) >= 11 is 0. The van der Waals surface area contributed by atoms with Crippen LogP contribution < -0.4 is 14.8 Å². The molecule has 0 spiro atoms. The number of ether oxygens (including phenoxy) is 2. The van der Waals surface area contributed by atoms with Crippen LogP contribution in [0.3, 0.4) is 0 Å². The number of nitrogens with one attached hydrogen (secondary N) is 1. The van der Waals surface area contributed by atoms with E-state index in [9.17, 15) is 14.4 Å². The largest absolute Gasteiger partial charge is 0.493 e. The summed E-state index contributed by atoms with van der Waals surface area (Å²) in [5.41, 5.74) is 2.12. The number of para-hydroxylation sites is 1. The molecule has 1 fully saturated rings. The van der Waals surface area contributed by atoms with E-state index in [1.807, 2.05) is 36.4 Å². The van der Waals surface area contributed by atoms with Crippen molar-refractivity contribution in [1.29, 1.82) is 0 Å². The van der Waals surface area contributed by atoms with Crippen LogP contribution in [0.2, 0.25) is 0 Å². The number of imide groups is 2. The van der Waals surface area contributed by atoms with Gasteiger partial charge in [0.05, 0.1) is 26.1 Å². The number of aromatic nitrogens is 2. The molecule has 1 aliphatic rings. The van der Waals surface area contributed by atoms with Crippen LogP contribution in [0.5, 0.6) is 11.5 Å². The fraction of sp³-hybridized carbons (Fsp3) is 0.167. The van der Waals surface area contributed by atoms with E-state index in [2.05, 4.69) is 10.4 Å². The first-order valence-electron chi connectivity index (χ1n) is 10.2. The van der Waals surface area contributed by atoms with Gasteiger partial charge in [-0.15, -0.1) is 0 Å². The fourth-order valence-corrected chi connectivity index (χ4v) is 3.47. The highest BCUT2D eigenvalue weighted by Crippen LogP contribution is 2.28. The Hall–Kier alpha value is -4.40. The summed E-state index contributed by atoms with van der Waals surface area (Å²) in [5, 5.41) is 6.50. The maximum atomic E-state index is 13.0. The average Bonchev–Trinajstić information content (AvgIpc) is 3.30. The fourth-order valence-electron chi connectivity index (χ4n) is 3.47. The molecule has 0 atom stereocenters. The molecule has 9 heteroatoms. The van der Waals surface area contributed by atoms with Crippen molar-refractivity contribution in [1.82, 2.24) is 20.0 Å². The first-order chi connectivity index (χ1) is 16.0. The minimum absolute atomic E-state index is 0.0913. The number of methoxy groups -OCH3 is 2. The third-order valence-corrected chi connectivity index (χ3v) is 5.19. The highest BCUT2D eigenvalue weighted by Gasteiger charge is 2.35. The van der Waals surface area contributed by atoms with Gasteiger partial charge >= 0.3 is 6.03 Å². The van der Waals surface area contributed by atoms with Gasteiger partial charge in [0, 0.05) is 18.3 Å². The van der Waals surface area contributed by atoms with E-state index in [1.165, 1.54) is 13.2 Å². The predicted molar refractivity (Wildman–Crippen MR) is 120 cm³/mol. The van der Waals surface area contributed by atoms with Crippen LogP contribution in [-0.2, 0) is 16.0 Å². The zero-order valence-electron chi connectivity index (χ0n) is 18.1. The van der Waals surface area contributed by atoms with Gasteiger partial charge < -0.3 is 9.47 Å². The molecule has 1 aliphatic heterocycles. The molecule has 0 unspecified atom stereocenters. The van der Waals surface area contributed by atoms with Crippen LogP contribution in [0.1, 0.15) is 11.1 Å². The van der Waals surface area contributed by atoms with E-state index >= 15 is 0 Å². The molecular formula is C24H22N4O5. The first kappa shape index (κ1) is 21.8. The normalized spacial score (nSPS) is 15.0. The van der Waals surface area contributed by atoms with Gasteiger partial charge in [0.2, 0.25) is 0 Å². The summed E-state index contributed by atoms with van der Waals surface area (Å²) in [6.07, 6.45) is 5.06. The molecule has 33 heavy (non-hydrogen) atoms. The quantitative estimate of drug-likeness (QED) is 0.442. The molecule has 1 saturated heterocycles. The Morgan fingerprint density at radius 3 is 2.48 bits per heavy atom. The van der Waals surface area contributed by atoms with Crippen LogP contribution >= 0.6 is 0 Å². The molecule has 1 aromatic heterocycles. The van der Waals surface area contributed by atoms with E-state index in [1.54, 1.807) is 36.3 Å². The lowest BCUT2D eigenvalue weighted by Gasteiger charge is -2.26. The summed E-state index contributed by atoms with van der Waals surface area (Å²) < 4.78 is 12.2. The first-order valence-corrected chi connectivity index (χ1v) is 10.2. The maximum absolute atomic E-state index is 13.0. The van der Waals surface area contributed by atoms with Crippen molar-refractivity contribution in [2.45, 2.75) is 6.42 Å². The van der Waals surface area contributed by atoms with Gasteiger partial charge in [-0.25, -0.2) is 9.48 Å². The van der Waals surface area contributed by atoms with Crippen molar-refractivity contribution < 1.29 is 23.9 Å². The van der Waals surface area contributed by atoms with Gasteiger partial charge in [0.25, 0.3) is 11.8 Å². The SMILES string of the molecule is COc1ccc(CCN2C(=O)NC(=O)C(=Cc3cnn(-c4ccccc4)c3)C2=O)cc1OC. The summed E-state index contributed by atoms with van der Waals surface area (Å²) in [4.78, 5) is 38.7. The molecule has 0 saturated carbocycles. The van der Waals surface area contributed by atoms with E-state index < -0.39 is 17.8 Å². The summed E-state index contributed by atoms with van der Waals surface area (Å²) in [6.45, 7) is 0.0913. The second kappa shape index (κ2) is 9.39. The van der Waals surface area contributed by atoms with Crippen molar-refractivity contribution in [3.05, 3.63) is 77.6 Å². The zero-order chi connectivity index (χ0) is 23.4. The smallest absolute Gasteiger partial charge is 0.331 e. The highest BCUT2D eigenvalue weighted by atomic mass is 16.5. The Morgan fingerprint density at radius 2 is 1.76 bits per heavy atom. The Bertz CT molecular complexity index is 1230. The highest BCUT2D eigenvalue weighted by molar-refractivity contribution is 6.31. The molecule has 2 aromatic carbocycles. The predicted octanol–water partition coefficient (Wildman–Crippen LogP) is 2.59. The van der Waals surface area contributed by atoms with E-state index in [4.69, 9.17) is 9.47 Å². The number of urea groups is 1. The Labute approximate surface area is 190 Å². The molecule has 4 rings (SSSR count). The Kier molecular flexibility index (Phi) is 6.21. The number of rotatable bonds is 7. The van der Waals surface area contributed by atoms with Crippen LogP contribution in [-0.4, -0.2) is 53.3 Å². The molecule has 0 bridgehead atoms. The van der Waals surface area contributed by atoms with E-state index in [0.717, 1.165) is 16.2 Å². The molecule has 2 heterocycles. The second-order valence-corrected chi connectivity index (χ2v) is 7.27. The number of carbonyl (C=O) groups is 3. The van der Waals surface area contributed by atoms with E-state index in [-0.39, 0.29) is 12.1 Å². The van der Waals surface area contributed by atoms with Gasteiger partial charge in [-0.3, -0.25) is 19.8 Å². The third kappa shape index (κ3) is 4.62. The average molecular weight is 446 g/mol. The third-order valence-electron chi connectivity index (χ3n) is 5.19. The monoisotopic (exact) mass is 446 g/mol.